The Balaban J connectivity index is 1.74. The molecule has 2 atom stereocenters. The first kappa shape index (κ1) is 18.9. The molecule has 3 heterocycles. The lowest BCUT2D eigenvalue weighted by atomic mass is 9.89. The van der Waals surface area contributed by atoms with Gasteiger partial charge in [0.05, 0.1) is 20.3 Å². The smallest absolute Gasteiger partial charge is 0.251 e. The number of fused-ring (bicyclic) bond motifs is 4. The Morgan fingerprint density at radius 3 is 2.63 bits per heavy atom. The standard InChI is InChI=1S/C23H23N3O3S/c1-4-25-22(27)17-12-15-14-7-5-6-8-16(14)24-20(15)21(26(17)23(25)30)13-9-10-18(28-2)19(11-13)29-3/h5-11,17,21,24H,4,12H2,1-3H3/t17-,21-/m0/s1. The molecule has 1 fully saturated rings. The van der Waals surface area contributed by atoms with Crippen molar-refractivity contribution < 1.29 is 14.3 Å². The maximum absolute atomic E-state index is 13.2. The second-order valence-corrected chi connectivity index (χ2v) is 7.94. The molecule has 1 amide bonds. The van der Waals surface area contributed by atoms with E-state index in [-0.39, 0.29) is 18.0 Å². The van der Waals surface area contributed by atoms with Gasteiger partial charge in [0.1, 0.15) is 6.04 Å². The number of ether oxygens (including phenoxy) is 2. The fourth-order valence-corrected chi connectivity index (χ4v) is 5.24. The van der Waals surface area contributed by atoms with Crippen LogP contribution >= 0.6 is 12.2 Å². The second kappa shape index (κ2) is 7.02. The van der Waals surface area contributed by atoms with Crippen molar-refractivity contribution in [3.63, 3.8) is 0 Å². The normalized spacial score (nSPS) is 20.5. The van der Waals surface area contributed by atoms with E-state index < -0.39 is 0 Å². The van der Waals surface area contributed by atoms with Gasteiger partial charge in [0.2, 0.25) is 0 Å². The molecule has 30 heavy (non-hydrogen) atoms. The molecule has 1 aromatic heterocycles. The number of thiocarbonyl (C=S) groups is 1. The van der Waals surface area contributed by atoms with Crippen molar-refractivity contribution in [3.05, 3.63) is 59.3 Å². The molecule has 2 aliphatic rings. The molecule has 3 aromatic rings. The first-order valence-electron chi connectivity index (χ1n) is 10.0. The minimum Gasteiger partial charge on any atom is -0.493 e. The molecule has 5 rings (SSSR count). The molecule has 2 aromatic carbocycles. The third kappa shape index (κ3) is 2.55. The van der Waals surface area contributed by atoms with E-state index in [0.717, 1.165) is 22.2 Å². The predicted octanol–water partition coefficient (Wildman–Crippen LogP) is 3.65. The summed E-state index contributed by atoms with van der Waals surface area (Å²) >= 11 is 5.77. The van der Waals surface area contributed by atoms with E-state index in [9.17, 15) is 4.79 Å². The topological polar surface area (TPSA) is 57.8 Å². The van der Waals surface area contributed by atoms with Gasteiger partial charge in [0.15, 0.2) is 16.6 Å². The Kier molecular flexibility index (Phi) is 4.43. The van der Waals surface area contributed by atoms with Crippen LogP contribution in [0, 0.1) is 0 Å². The number of aromatic nitrogens is 1. The van der Waals surface area contributed by atoms with Crippen molar-refractivity contribution in [1.82, 2.24) is 14.8 Å². The summed E-state index contributed by atoms with van der Waals surface area (Å²) in [5.74, 6) is 1.39. The fourth-order valence-electron chi connectivity index (χ4n) is 4.79. The van der Waals surface area contributed by atoms with Gasteiger partial charge in [-0.3, -0.25) is 9.69 Å². The Bertz CT molecular complexity index is 1170. The van der Waals surface area contributed by atoms with E-state index >= 15 is 0 Å². The van der Waals surface area contributed by atoms with Crippen molar-refractivity contribution in [2.45, 2.75) is 25.4 Å². The number of nitrogens with one attached hydrogen (secondary N) is 1. The number of aromatic amines is 1. The van der Waals surface area contributed by atoms with E-state index in [1.54, 1.807) is 19.1 Å². The highest BCUT2D eigenvalue weighted by molar-refractivity contribution is 7.80. The monoisotopic (exact) mass is 421 g/mol. The number of para-hydroxylation sites is 1. The molecule has 0 aliphatic carbocycles. The van der Waals surface area contributed by atoms with Crippen LogP contribution in [0.4, 0.5) is 0 Å². The Labute approximate surface area is 180 Å². The van der Waals surface area contributed by atoms with Gasteiger partial charge >= 0.3 is 0 Å². The van der Waals surface area contributed by atoms with Crippen molar-refractivity contribution >= 4 is 34.1 Å². The molecule has 0 saturated carbocycles. The van der Waals surface area contributed by atoms with Crippen molar-refractivity contribution in [1.29, 1.82) is 0 Å². The van der Waals surface area contributed by atoms with Crippen LogP contribution in [-0.4, -0.2) is 52.6 Å². The summed E-state index contributed by atoms with van der Waals surface area (Å²) in [6.07, 6.45) is 0.638. The number of methoxy groups -OCH3 is 2. The lowest BCUT2D eigenvalue weighted by Crippen LogP contribution is -2.44. The van der Waals surface area contributed by atoms with Gasteiger partial charge in [-0.1, -0.05) is 24.3 Å². The van der Waals surface area contributed by atoms with Gasteiger partial charge in [-0.2, -0.15) is 0 Å². The number of carbonyl (C=O) groups is 1. The predicted molar refractivity (Wildman–Crippen MR) is 119 cm³/mol. The summed E-state index contributed by atoms with van der Waals surface area (Å²) in [5.41, 5.74) is 4.33. The fraction of sp³-hybridized carbons (Fsp3) is 0.304. The van der Waals surface area contributed by atoms with Crippen molar-refractivity contribution in [2.75, 3.05) is 20.8 Å². The van der Waals surface area contributed by atoms with E-state index in [1.807, 2.05) is 37.3 Å². The average molecular weight is 422 g/mol. The van der Waals surface area contributed by atoms with Gasteiger partial charge in [-0.25, -0.2) is 0 Å². The minimum atomic E-state index is -0.303. The first-order chi connectivity index (χ1) is 14.6. The number of likely N-dealkylation sites (N-methyl/N-ethyl adjacent to an activating group) is 1. The van der Waals surface area contributed by atoms with Crippen LogP contribution in [0.1, 0.15) is 29.8 Å². The molecule has 0 unspecified atom stereocenters. The molecule has 0 bridgehead atoms. The quantitative estimate of drug-likeness (QED) is 0.652. The lowest BCUT2D eigenvalue weighted by molar-refractivity contribution is -0.128. The zero-order valence-corrected chi connectivity index (χ0v) is 18.0. The van der Waals surface area contributed by atoms with E-state index in [4.69, 9.17) is 21.7 Å². The molecule has 6 nitrogen and oxygen atoms in total. The molecule has 1 saturated heterocycles. The molecule has 0 spiro atoms. The number of carbonyl (C=O) groups excluding carboxylic acids is 1. The molecule has 154 valence electrons. The number of benzene rings is 2. The van der Waals surface area contributed by atoms with E-state index in [0.29, 0.717) is 29.6 Å². The Morgan fingerprint density at radius 1 is 1.13 bits per heavy atom. The molecule has 2 aliphatic heterocycles. The van der Waals surface area contributed by atoms with E-state index in [1.165, 1.54) is 5.56 Å². The van der Waals surface area contributed by atoms with Crippen LogP contribution in [-0.2, 0) is 11.2 Å². The third-order valence-electron chi connectivity index (χ3n) is 6.17. The summed E-state index contributed by atoms with van der Waals surface area (Å²) in [6, 6.07) is 13.6. The van der Waals surface area contributed by atoms with E-state index in [2.05, 4.69) is 22.0 Å². The van der Waals surface area contributed by atoms with Gasteiger partial charge in [0.25, 0.3) is 5.91 Å². The van der Waals surface area contributed by atoms with Crippen LogP contribution in [0.15, 0.2) is 42.5 Å². The van der Waals surface area contributed by atoms with Gasteiger partial charge in [0, 0.05) is 29.6 Å². The number of nitrogens with zero attached hydrogens (tertiary/aromatic N) is 2. The van der Waals surface area contributed by atoms with Crippen LogP contribution in [0.3, 0.4) is 0 Å². The van der Waals surface area contributed by atoms with Crippen molar-refractivity contribution in [3.8, 4) is 11.5 Å². The summed E-state index contributed by atoms with van der Waals surface area (Å²) < 4.78 is 11.0. The van der Waals surface area contributed by atoms with Crippen LogP contribution < -0.4 is 9.47 Å². The largest absolute Gasteiger partial charge is 0.493 e. The Morgan fingerprint density at radius 2 is 1.90 bits per heavy atom. The highest BCUT2D eigenvalue weighted by atomic mass is 32.1. The third-order valence-corrected chi connectivity index (χ3v) is 6.61. The van der Waals surface area contributed by atoms with Gasteiger partial charge in [-0.15, -0.1) is 0 Å². The van der Waals surface area contributed by atoms with Crippen molar-refractivity contribution in [2.24, 2.45) is 0 Å². The first-order valence-corrected chi connectivity index (χ1v) is 10.4. The summed E-state index contributed by atoms with van der Waals surface area (Å²) in [6.45, 7) is 2.53. The molecule has 7 heteroatoms. The van der Waals surface area contributed by atoms with Crippen LogP contribution in [0.25, 0.3) is 10.9 Å². The summed E-state index contributed by atoms with van der Waals surface area (Å²) in [7, 11) is 3.25. The number of H-pyrrole nitrogens is 1. The van der Waals surface area contributed by atoms with Crippen LogP contribution in [0.2, 0.25) is 0 Å². The Hall–Kier alpha value is -3.06. The lowest BCUT2D eigenvalue weighted by Gasteiger charge is -2.37. The maximum Gasteiger partial charge on any atom is 0.251 e. The zero-order chi connectivity index (χ0) is 21.0. The zero-order valence-electron chi connectivity index (χ0n) is 17.1. The van der Waals surface area contributed by atoms with Gasteiger partial charge in [-0.05, 0) is 48.5 Å². The maximum atomic E-state index is 13.2. The average Bonchev–Trinajstić information content (AvgIpc) is 3.26. The molecule has 1 N–H and O–H groups in total. The summed E-state index contributed by atoms with van der Waals surface area (Å²) in [4.78, 5) is 20.6. The number of rotatable bonds is 4. The highest BCUT2D eigenvalue weighted by Gasteiger charge is 2.50. The highest BCUT2D eigenvalue weighted by Crippen LogP contribution is 2.45. The molecular weight excluding hydrogens is 398 g/mol. The minimum absolute atomic E-state index is 0.0731. The molecule has 0 radical (unpaired) electrons. The second-order valence-electron chi connectivity index (χ2n) is 7.57. The summed E-state index contributed by atoms with van der Waals surface area (Å²) in [5, 5.41) is 1.74. The number of amides is 1. The number of hydrogen-bond acceptors (Lipinski definition) is 4. The van der Waals surface area contributed by atoms with Gasteiger partial charge < -0.3 is 19.4 Å². The van der Waals surface area contributed by atoms with Crippen LogP contribution in [0.5, 0.6) is 11.5 Å². The SMILES string of the molecule is CCN1C(=O)[C@@H]2Cc3c([nH]c4ccccc34)[C@H](c3ccc(OC)c(OC)c3)N2C1=S. The molecular formula is C23H23N3O3S. The number of hydrogen-bond donors (Lipinski definition) is 1.